The summed E-state index contributed by atoms with van der Waals surface area (Å²) in [7, 11) is 0. The second-order valence-electron chi connectivity index (χ2n) is 4.43. The van der Waals surface area contributed by atoms with Gasteiger partial charge in [0.1, 0.15) is 0 Å². The molecular weight excluding hydrogens is 246 g/mol. The molecule has 1 N–H and O–H groups in total. The van der Waals surface area contributed by atoms with E-state index >= 15 is 0 Å². The minimum Gasteiger partial charge on any atom is -0.306 e. The number of thioether (sulfide) groups is 1. The van der Waals surface area contributed by atoms with Crippen molar-refractivity contribution in [3.8, 4) is 0 Å². The average Bonchev–Trinajstić information content (AvgIpc) is 2.72. The van der Waals surface area contributed by atoms with Gasteiger partial charge in [-0.2, -0.15) is 11.8 Å². The van der Waals surface area contributed by atoms with Crippen LogP contribution >= 0.6 is 23.1 Å². The summed E-state index contributed by atoms with van der Waals surface area (Å²) in [5.74, 6) is 1.16. The number of rotatable bonds is 5. The van der Waals surface area contributed by atoms with Gasteiger partial charge in [-0.05, 0) is 37.6 Å². The number of thiophene rings is 1. The molecule has 3 heteroatoms. The van der Waals surface area contributed by atoms with E-state index in [1.165, 1.54) is 15.0 Å². The van der Waals surface area contributed by atoms with E-state index in [9.17, 15) is 0 Å². The molecule has 2 unspecified atom stereocenters. The Labute approximate surface area is 112 Å². The molecule has 17 heavy (non-hydrogen) atoms. The van der Waals surface area contributed by atoms with E-state index in [4.69, 9.17) is 0 Å². The van der Waals surface area contributed by atoms with Crippen LogP contribution in [0.15, 0.2) is 30.3 Å². The van der Waals surface area contributed by atoms with Gasteiger partial charge in [0, 0.05) is 27.4 Å². The second kappa shape index (κ2) is 5.89. The zero-order valence-electron chi connectivity index (χ0n) is 10.6. The molecule has 2 rings (SSSR count). The number of benzene rings is 1. The van der Waals surface area contributed by atoms with Gasteiger partial charge in [-0.1, -0.05) is 18.2 Å². The lowest BCUT2D eigenvalue weighted by molar-refractivity contribution is 0.517. The maximum absolute atomic E-state index is 3.65. The molecular formula is C14H19NS2. The second-order valence-corrected chi connectivity index (χ2v) is 6.46. The van der Waals surface area contributed by atoms with Gasteiger partial charge in [0.25, 0.3) is 0 Å². The number of fused-ring (bicyclic) bond motifs is 1. The van der Waals surface area contributed by atoms with Crippen LogP contribution in [0, 0.1) is 0 Å². The van der Waals surface area contributed by atoms with Crippen LogP contribution in [0.25, 0.3) is 10.1 Å². The van der Waals surface area contributed by atoms with E-state index in [1.54, 1.807) is 0 Å². The molecule has 0 bridgehead atoms. The van der Waals surface area contributed by atoms with Crippen LogP contribution in [-0.4, -0.2) is 18.1 Å². The van der Waals surface area contributed by atoms with E-state index in [0.29, 0.717) is 12.1 Å². The minimum absolute atomic E-state index is 0.439. The van der Waals surface area contributed by atoms with Gasteiger partial charge in [-0.3, -0.25) is 0 Å². The smallest absolute Gasteiger partial charge is 0.0388 e. The third kappa shape index (κ3) is 3.24. The molecule has 0 saturated carbocycles. The maximum atomic E-state index is 3.65. The van der Waals surface area contributed by atoms with Crippen molar-refractivity contribution in [3.05, 3.63) is 35.2 Å². The average molecular weight is 265 g/mol. The third-order valence-electron chi connectivity index (χ3n) is 2.82. The highest BCUT2D eigenvalue weighted by atomic mass is 32.2. The molecule has 92 valence electrons. The zero-order chi connectivity index (χ0) is 12.3. The maximum Gasteiger partial charge on any atom is 0.0388 e. The zero-order valence-corrected chi connectivity index (χ0v) is 12.2. The lowest BCUT2D eigenvalue weighted by atomic mass is 10.2. The monoisotopic (exact) mass is 265 g/mol. The Morgan fingerprint density at radius 2 is 2.06 bits per heavy atom. The van der Waals surface area contributed by atoms with Crippen LogP contribution in [-0.2, 0) is 0 Å². The molecule has 1 aromatic heterocycles. The van der Waals surface area contributed by atoms with Gasteiger partial charge >= 0.3 is 0 Å². The van der Waals surface area contributed by atoms with Crippen molar-refractivity contribution in [2.24, 2.45) is 0 Å². The Hall–Kier alpha value is -0.510. The van der Waals surface area contributed by atoms with Gasteiger partial charge in [0.15, 0.2) is 0 Å². The highest BCUT2D eigenvalue weighted by molar-refractivity contribution is 7.98. The lowest BCUT2D eigenvalue weighted by Gasteiger charge is -2.18. The molecule has 2 aromatic rings. The van der Waals surface area contributed by atoms with Crippen molar-refractivity contribution in [2.45, 2.75) is 25.9 Å². The first-order valence-electron chi connectivity index (χ1n) is 5.94. The van der Waals surface area contributed by atoms with Gasteiger partial charge in [-0.15, -0.1) is 11.3 Å². The summed E-state index contributed by atoms with van der Waals surface area (Å²) in [5.41, 5.74) is 0. The normalized spacial score (nSPS) is 15.0. The topological polar surface area (TPSA) is 12.0 Å². The quantitative estimate of drug-likeness (QED) is 0.865. The molecule has 0 radical (unpaired) electrons. The van der Waals surface area contributed by atoms with E-state index in [1.807, 2.05) is 23.1 Å². The van der Waals surface area contributed by atoms with Crippen molar-refractivity contribution < 1.29 is 0 Å². The summed E-state index contributed by atoms with van der Waals surface area (Å²) in [6.07, 6.45) is 2.16. The first kappa shape index (κ1) is 12.9. The largest absolute Gasteiger partial charge is 0.306 e. The SMILES string of the molecule is CSCC(C)NC(C)c1cc2ccccc2s1. The summed E-state index contributed by atoms with van der Waals surface area (Å²) in [6, 6.07) is 11.9. The van der Waals surface area contributed by atoms with E-state index in [0.717, 1.165) is 5.75 Å². The lowest BCUT2D eigenvalue weighted by Crippen LogP contribution is -2.30. The predicted octanol–water partition coefficient (Wildman–Crippen LogP) is 4.30. The highest BCUT2D eigenvalue weighted by Gasteiger charge is 2.11. The van der Waals surface area contributed by atoms with Crippen molar-refractivity contribution in [1.29, 1.82) is 0 Å². The van der Waals surface area contributed by atoms with Gasteiger partial charge < -0.3 is 5.32 Å². The Bertz CT molecular complexity index is 445. The van der Waals surface area contributed by atoms with E-state index in [-0.39, 0.29) is 0 Å². The van der Waals surface area contributed by atoms with Crippen molar-refractivity contribution >= 4 is 33.2 Å². The molecule has 0 fully saturated rings. The number of nitrogens with one attached hydrogen (secondary N) is 1. The fourth-order valence-corrected chi connectivity index (χ4v) is 3.70. The fourth-order valence-electron chi connectivity index (χ4n) is 2.02. The highest BCUT2D eigenvalue weighted by Crippen LogP contribution is 2.29. The van der Waals surface area contributed by atoms with Crippen LogP contribution < -0.4 is 5.32 Å². The Kier molecular flexibility index (Phi) is 4.48. The van der Waals surface area contributed by atoms with Gasteiger partial charge in [-0.25, -0.2) is 0 Å². The summed E-state index contributed by atoms with van der Waals surface area (Å²) in [4.78, 5) is 1.43. The molecule has 0 aliphatic carbocycles. The minimum atomic E-state index is 0.439. The summed E-state index contributed by atoms with van der Waals surface area (Å²) in [6.45, 7) is 4.50. The third-order valence-corrected chi connectivity index (χ3v) is 4.95. The van der Waals surface area contributed by atoms with E-state index < -0.39 is 0 Å². The van der Waals surface area contributed by atoms with Crippen LogP contribution in [0.5, 0.6) is 0 Å². The summed E-state index contributed by atoms with van der Waals surface area (Å²) in [5, 5.41) is 5.01. The number of hydrogen-bond acceptors (Lipinski definition) is 3. The molecule has 0 spiro atoms. The van der Waals surface area contributed by atoms with Crippen molar-refractivity contribution in [3.63, 3.8) is 0 Å². The number of hydrogen-bond donors (Lipinski definition) is 1. The standard InChI is InChI=1S/C14H19NS2/c1-10(9-16-3)15-11(2)14-8-12-6-4-5-7-13(12)17-14/h4-8,10-11,15H,9H2,1-3H3. The van der Waals surface area contributed by atoms with Gasteiger partial charge in [0.2, 0.25) is 0 Å². The molecule has 1 nitrogen and oxygen atoms in total. The molecule has 1 aromatic carbocycles. The first-order valence-corrected chi connectivity index (χ1v) is 8.15. The van der Waals surface area contributed by atoms with E-state index in [2.05, 4.69) is 55.8 Å². The van der Waals surface area contributed by atoms with Crippen LogP contribution in [0.2, 0.25) is 0 Å². The van der Waals surface area contributed by atoms with Crippen LogP contribution in [0.4, 0.5) is 0 Å². The van der Waals surface area contributed by atoms with Crippen LogP contribution in [0.3, 0.4) is 0 Å². The van der Waals surface area contributed by atoms with Crippen LogP contribution in [0.1, 0.15) is 24.8 Å². The molecule has 0 aliphatic rings. The van der Waals surface area contributed by atoms with Crippen molar-refractivity contribution in [1.82, 2.24) is 5.32 Å². The predicted molar refractivity (Wildman–Crippen MR) is 81.2 cm³/mol. The Morgan fingerprint density at radius 1 is 1.29 bits per heavy atom. The molecule has 0 aliphatic heterocycles. The first-order chi connectivity index (χ1) is 8.20. The molecule has 0 amide bonds. The Morgan fingerprint density at radius 3 is 2.76 bits per heavy atom. The van der Waals surface area contributed by atoms with Crippen molar-refractivity contribution in [2.75, 3.05) is 12.0 Å². The molecule has 1 heterocycles. The molecule has 0 saturated heterocycles. The molecule has 2 atom stereocenters. The van der Waals surface area contributed by atoms with Gasteiger partial charge in [0.05, 0.1) is 0 Å². The summed E-state index contributed by atoms with van der Waals surface area (Å²) < 4.78 is 1.38. The Balaban J connectivity index is 2.10. The summed E-state index contributed by atoms with van der Waals surface area (Å²) >= 11 is 3.79. The fraction of sp³-hybridized carbons (Fsp3) is 0.429.